The third-order valence-corrected chi connectivity index (χ3v) is 3.31. The molecule has 0 aliphatic carbocycles. The number of carbonyl (C=O) groups is 1. The van der Waals surface area contributed by atoms with E-state index in [1.807, 2.05) is 64.1 Å². The maximum absolute atomic E-state index is 12.4. The van der Waals surface area contributed by atoms with Crippen LogP contribution in [-0.4, -0.2) is 10.9 Å². The van der Waals surface area contributed by atoms with Gasteiger partial charge in [0.15, 0.2) is 5.78 Å². The normalized spacial score (nSPS) is 12.2. The Morgan fingerprint density at radius 3 is 1.65 bits per heavy atom. The smallest absolute Gasteiger partial charge is 0.195 e. The van der Waals surface area contributed by atoms with E-state index in [2.05, 4.69) is 0 Å². The van der Waals surface area contributed by atoms with E-state index in [1.54, 1.807) is 0 Å². The first-order chi connectivity index (χ1) is 9.36. The highest BCUT2D eigenvalue weighted by Gasteiger charge is 2.20. The first kappa shape index (κ1) is 14.5. The fraction of sp³-hybridized carbons (Fsp3) is 0.278. The second kappa shape index (κ2) is 5.59. The Bertz CT molecular complexity index is 616. The molecule has 0 bridgehead atoms. The van der Waals surface area contributed by atoms with Crippen molar-refractivity contribution >= 4 is 5.78 Å². The number of aliphatic hydroxyl groups is 1. The van der Waals surface area contributed by atoms with Crippen molar-refractivity contribution in [1.29, 1.82) is 0 Å². The number of benzene rings is 2. The molecular weight excluding hydrogens is 248 g/mol. The lowest BCUT2D eigenvalue weighted by Crippen LogP contribution is -2.13. The van der Waals surface area contributed by atoms with Crippen LogP contribution in [-0.2, 0) is 0 Å². The Morgan fingerprint density at radius 1 is 0.800 bits per heavy atom. The third kappa shape index (κ3) is 3.14. The molecule has 0 fully saturated rings. The van der Waals surface area contributed by atoms with Gasteiger partial charge < -0.3 is 5.11 Å². The highest BCUT2D eigenvalue weighted by molar-refractivity contribution is 6.00. The molecule has 2 heteroatoms. The number of aliphatic hydroxyl groups excluding tert-OH is 1. The van der Waals surface area contributed by atoms with Crippen molar-refractivity contribution < 1.29 is 9.90 Å². The van der Waals surface area contributed by atoms with Crippen molar-refractivity contribution in [2.75, 3.05) is 0 Å². The van der Waals surface area contributed by atoms with Gasteiger partial charge in [-0.15, -0.1) is 0 Å². The molecule has 1 atom stereocenters. The maximum atomic E-state index is 12.4. The van der Waals surface area contributed by atoms with Crippen LogP contribution in [0.3, 0.4) is 0 Å². The number of rotatable bonds is 3. The van der Waals surface area contributed by atoms with Crippen LogP contribution in [0.25, 0.3) is 0 Å². The van der Waals surface area contributed by atoms with Crippen molar-refractivity contribution in [2.45, 2.75) is 33.8 Å². The van der Waals surface area contributed by atoms with Crippen molar-refractivity contribution in [3.05, 3.63) is 69.8 Å². The minimum absolute atomic E-state index is 0.248. The SMILES string of the molecule is Cc1cc(C)cc(C(=O)[C@@H](O)c2cc(C)cc(C)c2)c1. The summed E-state index contributed by atoms with van der Waals surface area (Å²) in [6.07, 6.45) is -1.10. The van der Waals surface area contributed by atoms with E-state index in [-0.39, 0.29) is 5.78 Å². The minimum Gasteiger partial charge on any atom is -0.380 e. The lowest BCUT2D eigenvalue weighted by Gasteiger charge is -2.13. The summed E-state index contributed by atoms with van der Waals surface area (Å²) in [5.41, 5.74) is 5.38. The third-order valence-electron chi connectivity index (χ3n) is 3.31. The summed E-state index contributed by atoms with van der Waals surface area (Å²) >= 11 is 0. The maximum Gasteiger partial charge on any atom is 0.195 e. The first-order valence-corrected chi connectivity index (χ1v) is 6.75. The van der Waals surface area contributed by atoms with E-state index < -0.39 is 6.10 Å². The van der Waals surface area contributed by atoms with Gasteiger partial charge in [0.25, 0.3) is 0 Å². The molecule has 0 saturated heterocycles. The Balaban J connectivity index is 2.36. The highest BCUT2D eigenvalue weighted by atomic mass is 16.3. The Morgan fingerprint density at radius 2 is 1.20 bits per heavy atom. The largest absolute Gasteiger partial charge is 0.380 e. The van der Waals surface area contributed by atoms with Gasteiger partial charge in [-0.25, -0.2) is 0 Å². The number of carbonyl (C=O) groups excluding carboxylic acids is 1. The minimum atomic E-state index is -1.10. The molecule has 2 aromatic rings. The summed E-state index contributed by atoms with van der Waals surface area (Å²) in [5.74, 6) is -0.248. The molecule has 0 aliphatic heterocycles. The molecule has 0 unspecified atom stereocenters. The molecule has 0 heterocycles. The molecule has 0 spiro atoms. The topological polar surface area (TPSA) is 37.3 Å². The second-order valence-corrected chi connectivity index (χ2v) is 5.56. The van der Waals surface area contributed by atoms with Gasteiger partial charge in [0.05, 0.1) is 0 Å². The van der Waals surface area contributed by atoms with Gasteiger partial charge in [-0.05, 0) is 45.4 Å². The molecule has 0 aliphatic rings. The summed E-state index contributed by atoms with van der Waals surface area (Å²) < 4.78 is 0. The summed E-state index contributed by atoms with van der Waals surface area (Å²) in [4.78, 5) is 12.4. The molecule has 2 nitrogen and oxygen atoms in total. The predicted octanol–water partition coefficient (Wildman–Crippen LogP) is 3.84. The fourth-order valence-corrected chi connectivity index (χ4v) is 2.59. The zero-order chi connectivity index (χ0) is 14.9. The van der Waals surface area contributed by atoms with Crippen LogP contribution in [0, 0.1) is 27.7 Å². The van der Waals surface area contributed by atoms with Crippen LogP contribution in [0.1, 0.15) is 44.3 Å². The van der Waals surface area contributed by atoms with Crippen LogP contribution < -0.4 is 0 Å². The van der Waals surface area contributed by atoms with Crippen LogP contribution in [0.5, 0.6) is 0 Å². The van der Waals surface area contributed by atoms with Gasteiger partial charge in [0, 0.05) is 5.56 Å². The predicted molar refractivity (Wildman–Crippen MR) is 81.1 cm³/mol. The van der Waals surface area contributed by atoms with Gasteiger partial charge in [-0.2, -0.15) is 0 Å². The lowest BCUT2D eigenvalue weighted by atomic mass is 9.95. The lowest BCUT2D eigenvalue weighted by molar-refractivity contribution is 0.0747. The molecule has 2 rings (SSSR count). The molecule has 1 N–H and O–H groups in total. The van der Waals surface area contributed by atoms with Gasteiger partial charge in [0.1, 0.15) is 6.10 Å². The van der Waals surface area contributed by atoms with E-state index in [4.69, 9.17) is 0 Å². The van der Waals surface area contributed by atoms with E-state index in [0.717, 1.165) is 22.3 Å². The zero-order valence-electron chi connectivity index (χ0n) is 12.4. The van der Waals surface area contributed by atoms with E-state index in [0.29, 0.717) is 11.1 Å². The molecule has 0 amide bonds. The van der Waals surface area contributed by atoms with E-state index >= 15 is 0 Å². The number of ketones is 1. The Hall–Kier alpha value is -1.93. The monoisotopic (exact) mass is 268 g/mol. The van der Waals surface area contributed by atoms with Crippen molar-refractivity contribution in [3.63, 3.8) is 0 Å². The summed E-state index contributed by atoms with van der Waals surface area (Å²) in [6.45, 7) is 7.83. The molecule has 0 aromatic heterocycles. The number of hydrogen-bond donors (Lipinski definition) is 1. The average molecular weight is 268 g/mol. The quantitative estimate of drug-likeness (QED) is 0.859. The summed E-state index contributed by atoms with van der Waals surface area (Å²) in [7, 11) is 0. The van der Waals surface area contributed by atoms with Gasteiger partial charge in [0.2, 0.25) is 0 Å². The van der Waals surface area contributed by atoms with Crippen LogP contribution in [0.4, 0.5) is 0 Å². The Labute approximate surface area is 120 Å². The first-order valence-electron chi connectivity index (χ1n) is 6.75. The average Bonchev–Trinajstić information content (AvgIpc) is 2.34. The van der Waals surface area contributed by atoms with Gasteiger partial charge >= 0.3 is 0 Å². The summed E-state index contributed by atoms with van der Waals surface area (Å²) in [6, 6.07) is 11.4. The Kier molecular flexibility index (Phi) is 4.05. The van der Waals surface area contributed by atoms with Crippen LogP contribution in [0.15, 0.2) is 36.4 Å². The molecule has 0 radical (unpaired) electrons. The molecule has 0 saturated carbocycles. The number of hydrogen-bond acceptors (Lipinski definition) is 2. The molecule has 20 heavy (non-hydrogen) atoms. The molecule has 2 aromatic carbocycles. The fourth-order valence-electron chi connectivity index (χ4n) is 2.59. The van der Waals surface area contributed by atoms with Crippen LogP contribution >= 0.6 is 0 Å². The van der Waals surface area contributed by atoms with Gasteiger partial charge in [-0.1, -0.05) is 46.5 Å². The standard InChI is InChI=1S/C18H20O2/c1-11-5-12(2)8-15(7-11)17(19)18(20)16-9-13(3)6-14(4)10-16/h5-10,17,19H,1-4H3/t17-/m0/s1. The highest BCUT2D eigenvalue weighted by Crippen LogP contribution is 2.22. The van der Waals surface area contributed by atoms with Crippen molar-refractivity contribution in [2.24, 2.45) is 0 Å². The van der Waals surface area contributed by atoms with Gasteiger partial charge in [-0.3, -0.25) is 4.79 Å². The van der Waals surface area contributed by atoms with Crippen molar-refractivity contribution in [1.82, 2.24) is 0 Å². The van der Waals surface area contributed by atoms with E-state index in [1.165, 1.54) is 0 Å². The summed E-state index contributed by atoms with van der Waals surface area (Å²) in [5, 5.41) is 10.3. The number of aryl methyl sites for hydroxylation is 4. The second-order valence-electron chi connectivity index (χ2n) is 5.56. The number of Topliss-reactive ketones (excluding diaryl/α,β-unsaturated/α-hetero) is 1. The van der Waals surface area contributed by atoms with Crippen molar-refractivity contribution in [3.8, 4) is 0 Å². The van der Waals surface area contributed by atoms with E-state index in [9.17, 15) is 9.90 Å². The van der Waals surface area contributed by atoms with Crippen LogP contribution in [0.2, 0.25) is 0 Å². The molecule has 104 valence electrons. The zero-order valence-corrected chi connectivity index (χ0v) is 12.4. The molecular formula is C18H20O2.